The Balaban J connectivity index is 1.69. The van der Waals surface area contributed by atoms with Crippen LogP contribution in [0.3, 0.4) is 0 Å². The molecule has 0 radical (unpaired) electrons. The lowest BCUT2D eigenvalue weighted by atomic mass is 10.1. The average molecular weight is 369 g/mol. The summed E-state index contributed by atoms with van der Waals surface area (Å²) in [6, 6.07) is 1.28. The number of hydrogen-bond acceptors (Lipinski definition) is 6. The molecule has 0 saturated heterocycles. The Hall–Kier alpha value is -1.71. The minimum absolute atomic E-state index is 0.118. The van der Waals surface area contributed by atoms with Crippen LogP contribution in [0, 0.1) is 13.8 Å². The minimum Gasteiger partial charge on any atom is -0.361 e. The van der Waals surface area contributed by atoms with Crippen molar-refractivity contribution in [3.63, 3.8) is 0 Å². The molecule has 1 aliphatic rings. The standard InChI is InChI=1S/C15H19N3O4S2/c1-9-11(10(2)22-17-9)4-5-14(19)16-12-8-18(3)24(20,21)13-6-7-23-15(12)13/h6-7,12H,4-5,8H2,1-3H3,(H,16,19)/t12-/m0/s1. The maximum Gasteiger partial charge on any atom is 0.244 e. The molecule has 0 aromatic carbocycles. The van der Waals surface area contributed by atoms with E-state index in [2.05, 4.69) is 10.5 Å². The predicted octanol–water partition coefficient (Wildman–Crippen LogP) is 1.78. The van der Waals surface area contributed by atoms with Gasteiger partial charge in [-0.05, 0) is 31.7 Å². The summed E-state index contributed by atoms with van der Waals surface area (Å²) in [6.07, 6.45) is 0.849. The number of nitrogens with one attached hydrogen (secondary N) is 1. The van der Waals surface area contributed by atoms with E-state index in [4.69, 9.17) is 4.52 Å². The number of thiophene rings is 1. The highest BCUT2D eigenvalue weighted by Crippen LogP contribution is 2.35. The van der Waals surface area contributed by atoms with E-state index in [0.29, 0.717) is 17.7 Å². The topological polar surface area (TPSA) is 92.5 Å². The van der Waals surface area contributed by atoms with Gasteiger partial charge in [0, 0.05) is 30.5 Å². The quantitative estimate of drug-likeness (QED) is 0.887. The van der Waals surface area contributed by atoms with Gasteiger partial charge in [-0.3, -0.25) is 4.79 Å². The van der Waals surface area contributed by atoms with Crippen molar-refractivity contribution in [2.24, 2.45) is 0 Å². The molecule has 2 aromatic heterocycles. The van der Waals surface area contributed by atoms with E-state index >= 15 is 0 Å². The molecule has 1 atom stereocenters. The van der Waals surface area contributed by atoms with Crippen LogP contribution in [-0.2, 0) is 21.2 Å². The number of carbonyl (C=O) groups is 1. The van der Waals surface area contributed by atoms with Crippen LogP contribution < -0.4 is 5.32 Å². The number of rotatable bonds is 4. The highest BCUT2D eigenvalue weighted by molar-refractivity contribution is 7.89. The second-order valence-electron chi connectivity index (χ2n) is 5.86. The number of aromatic nitrogens is 1. The molecule has 3 heterocycles. The van der Waals surface area contributed by atoms with Gasteiger partial charge in [-0.25, -0.2) is 8.42 Å². The molecule has 2 aromatic rings. The van der Waals surface area contributed by atoms with Crippen molar-refractivity contribution in [2.45, 2.75) is 37.6 Å². The van der Waals surface area contributed by atoms with Crippen molar-refractivity contribution in [3.05, 3.63) is 33.3 Å². The Morgan fingerprint density at radius 3 is 2.92 bits per heavy atom. The van der Waals surface area contributed by atoms with E-state index in [1.54, 1.807) is 11.4 Å². The molecule has 7 nitrogen and oxygen atoms in total. The summed E-state index contributed by atoms with van der Waals surface area (Å²) in [5.74, 6) is 0.608. The molecule has 0 fully saturated rings. The van der Waals surface area contributed by atoms with E-state index in [1.807, 2.05) is 13.8 Å². The van der Waals surface area contributed by atoms with Gasteiger partial charge in [0.1, 0.15) is 5.76 Å². The summed E-state index contributed by atoms with van der Waals surface area (Å²) < 4.78 is 30.9. The summed E-state index contributed by atoms with van der Waals surface area (Å²) in [7, 11) is -1.91. The van der Waals surface area contributed by atoms with Crippen LogP contribution in [-0.4, -0.2) is 37.4 Å². The lowest BCUT2D eigenvalue weighted by Crippen LogP contribution is -2.42. The zero-order valence-corrected chi connectivity index (χ0v) is 15.3. The smallest absolute Gasteiger partial charge is 0.244 e. The summed E-state index contributed by atoms with van der Waals surface area (Å²) in [6.45, 7) is 3.92. The first-order chi connectivity index (χ1) is 11.3. The summed E-state index contributed by atoms with van der Waals surface area (Å²) in [4.78, 5) is 13.3. The fourth-order valence-corrected chi connectivity index (χ4v) is 5.55. The molecule has 1 aliphatic heterocycles. The molecular weight excluding hydrogens is 350 g/mol. The fraction of sp³-hybridized carbons (Fsp3) is 0.467. The van der Waals surface area contributed by atoms with Gasteiger partial charge in [0.05, 0.1) is 16.6 Å². The van der Waals surface area contributed by atoms with E-state index in [0.717, 1.165) is 17.0 Å². The van der Waals surface area contributed by atoms with Crippen molar-refractivity contribution in [3.8, 4) is 0 Å². The van der Waals surface area contributed by atoms with Gasteiger partial charge in [-0.1, -0.05) is 5.16 Å². The van der Waals surface area contributed by atoms with Crippen LogP contribution in [0.5, 0.6) is 0 Å². The highest BCUT2D eigenvalue weighted by Gasteiger charge is 2.36. The van der Waals surface area contributed by atoms with Crippen LogP contribution in [0.2, 0.25) is 0 Å². The number of fused-ring (bicyclic) bond motifs is 1. The third kappa shape index (κ3) is 2.99. The first kappa shape index (κ1) is 17.1. The van der Waals surface area contributed by atoms with Crippen LogP contribution >= 0.6 is 11.3 Å². The first-order valence-corrected chi connectivity index (χ1v) is 9.87. The summed E-state index contributed by atoms with van der Waals surface area (Å²) >= 11 is 1.35. The van der Waals surface area contributed by atoms with Crippen LogP contribution in [0.15, 0.2) is 20.9 Å². The molecule has 130 valence electrons. The van der Waals surface area contributed by atoms with Gasteiger partial charge in [0.25, 0.3) is 0 Å². The van der Waals surface area contributed by atoms with Gasteiger partial charge in [0.15, 0.2) is 0 Å². The third-order valence-electron chi connectivity index (χ3n) is 4.22. The summed E-state index contributed by atoms with van der Waals surface area (Å²) in [5, 5.41) is 8.57. The maximum atomic E-state index is 12.3. The van der Waals surface area contributed by atoms with Crippen molar-refractivity contribution in [2.75, 3.05) is 13.6 Å². The Bertz CT molecular complexity index is 850. The zero-order valence-electron chi connectivity index (χ0n) is 13.7. The second kappa shape index (κ2) is 6.30. The highest BCUT2D eigenvalue weighted by atomic mass is 32.2. The first-order valence-electron chi connectivity index (χ1n) is 7.55. The van der Waals surface area contributed by atoms with Crippen molar-refractivity contribution < 1.29 is 17.7 Å². The normalized spacial score (nSPS) is 19.9. The number of nitrogens with zero attached hydrogens (tertiary/aromatic N) is 2. The summed E-state index contributed by atoms with van der Waals surface area (Å²) in [5.41, 5.74) is 1.75. The zero-order chi connectivity index (χ0) is 17.5. The van der Waals surface area contributed by atoms with E-state index in [9.17, 15) is 13.2 Å². The number of carbonyl (C=O) groups excluding carboxylic acids is 1. The Kier molecular flexibility index (Phi) is 4.50. The molecule has 1 amide bonds. The number of aryl methyl sites for hydroxylation is 2. The van der Waals surface area contributed by atoms with E-state index in [-0.39, 0.29) is 23.4 Å². The van der Waals surface area contributed by atoms with Crippen LogP contribution in [0.25, 0.3) is 0 Å². The molecular formula is C15H19N3O4S2. The van der Waals surface area contributed by atoms with Crippen LogP contribution in [0.1, 0.15) is 34.4 Å². The van der Waals surface area contributed by atoms with Crippen molar-refractivity contribution in [1.82, 2.24) is 14.8 Å². The Morgan fingerprint density at radius 1 is 1.50 bits per heavy atom. The Morgan fingerprint density at radius 2 is 2.25 bits per heavy atom. The Labute approximate surface area is 144 Å². The van der Waals surface area contributed by atoms with Crippen molar-refractivity contribution >= 4 is 27.3 Å². The van der Waals surface area contributed by atoms with Crippen molar-refractivity contribution in [1.29, 1.82) is 0 Å². The number of sulfonamides is 1. The molecule has 3 rings (SSSR count). The molecule has 1 N–H and O–H groups in total. The van der Waals surface area contributed by atoms with E-state index < -0.39 is 10.0 Å². The van der Waals surface area contributed by atoms with Gasteiger partial charge >= 0.3 is 0 Å². The predicted molar refractivity (Wildman–Crippen MR) is 89.3 cm³/mol. The molecule has 0 unspecified atom stereocenters. The van der Waals surface area contributed by atoms with Gasteiger partial charge < -0.3 is 9.84 Å². The molecule has 0 bridgehead atoms. The third-order valence-corrected chi connectivity index (χ3v) is 7.26. The molecule has 0 aliphatic carbocycles. The maximum absolute atomic E-state index is 12.3. The molecule has 9 heteroatoms. The van der Waals surface area contributed by atoms with Gasteiger partial charge in [-0.2, -0.15) is 4.31 Å². The number of amides is 1. The minimum atomic E-state index is -3.43. The average Bonchev–Trinajstić information content (AvgIpc) is 3.12. The second-order valence-corrected chi connectivity index (χ2v) is 8.82. The lowest BCUT2D eigenvalue weighted by molar-refractivity contribution is -0.121. The lowest BCUT2D eigenvalue weighted by Gasteiger charge is -2.29. The van der Waals surface area contributed by atoms with Gasteiger partial charge in [0.2, 0.25) is 15.9 Å². The van der Waals surface area contributed by atoms with Crippen LogP contribution in [0.4, 0.5) is 0 Å². The monoisotopic (exact) mass is 369 g/mol. The van der Waals surface area contributed by atoms with E-state index in [1.165, 1.54) is 22.7 Å². The number of hydrogen-bond donors (Lipinski definition) is 1. The molecule has 0 spiro atoms. The molecule has 24 heavy (non-hydrogen) atoms. The van der Waals surface area contributed by atoms with Gasteiger partial charge in [-0.15, -0.1) is 11.3 Å². The SMILES string of the molecule is Cc1noc(C)c1CCC(=O)N[C@H]1CN(C)S(=O)(=O)c2ccsc21. The number of likely N-dealkylation sites (N-methyl/N-ethyl adjacent to an activating group) is 1. The fourth-order valence-electron chi connectivity index (χ4n) is 2.86. The largest absolute Gasteiger partial charge is 0.361 e. The molecule has 0 saturated carbocycles.